The van der Waals surface area contributed by atoms with E-state index in [0.717, 1.165) is 38.6 Å². The van der Waals surface area contributed by atoms with E-state index in [1.165, 1.54) is 11.6 Å². The maximum absolute atomic E-state index is 14.7. The molecule has 0 N–H and O–H groups in total. The van der Waals surface area contributed by atoms with Crippen LogP contribution < -0.4 is 4.57 Å². The molecule has 3 aromatic carbocycles. The van der Waals surface area contributed by atoms with E-state index in [0.29, 0.717) is 16.9 Å². The van der Waals surface area contributed by atoms with E-state index in [1.807, 2.05) is 24.3 Å². The molecule has 2 nitrogen and oxygen atoms in total. The number of aromatic nitrogens is 1. The molecule has 2 heterocycles. The molecule has 5 rings (SSSR count). The Balaban J connectivity index is 1.93. The maximum Gasteiger partial charge on any atom is 0.216 e. The number of rotatable bonds is 2. The van der Waals surface area contributed by atoms with Gasteiger partial charge >= 0.3 is 0 Å². The average Bonchev–Trinajstić information content (AvgIpc) is 3.07. The molecule has 0 bridgehead atoms. The molecular formula is C26H23FNO+. The first-order chi connectivity index (χ1) is 14.0. The normalized spacial score (nSPS) is 11.9. The van der Waals surface area contributed by atoms with Gasteiger partial charge in [-0.15, -0.1) is 0 Å². The highest BCUT2D eigenvalue weighted by molar-refractivity contribution is 6.20. The summed E-state index contributed by atoms with van der Waals surface area (Å²) in [5.41, 5.74) is 5.98. The van der Waals surface area contributed by atoms with Gasteiger partial charge in [-0.25, -0.2) is 8.96 Å². The summed E-state index contributed by atoms with van der Waals surface area (Å²) in [5.74, 6) is 0.181. The van der Waals surface area contributed by atoms with Crippen LogP contribution in [0.15, 0.2) is 65.2 Å². The topological polar surface area (TPSA) is 17.0 Å². The van der Waals surface area contributed by atoms with E-state index < -0.39 is 0 Å². The standard InChI is InChI=1S/C26H23FNO/c1-15(2)17-11-12-28(4)22(13-17)24-16(3)9-10-20-25-19-8-6-5-7-18(19)21(27)14-23(25)29-26(20)24/h5-15H,1-4H3/q+1. The van der Waals surface area contributed by atoms with Crippen molar-refractivity contribution in [2.75, 3.05) is 0 Å². The van der Waals surface area contributed by atoms with Crippen molar-refractivity contribution in [1.29, 1.82) is 0 Å². The highest BCUT2D eigenvalue weighted by Gasteiger charge is 2.23. The lowest BCUT2D eigenvalue weighted by molar-refractivity contribution is -0.660. The van der Waals surface area contributed by atoms with Crippen LogP contribution in [0.4, 0.5) is 4.39 Å². The van der Waals surface area contributed by atoms with Crippen molar-refractivity contribution >= 4 is 32.7 Å². The van der Waals surface area contributed by atoms with Crippen LogP contribution in [0.25, 0.3) is 44.0 Å². The monoisotopic (exact) mass is 384 g/mol. The lowest BCUT2D eigenvalue weighted by Crippen LogP contribution is -2.31. The zero-order chi connectivity index (χ0) is 20.3. The number of fused-ring (bicyclic) bond motifs is 5. The molecular weight excluding hydrogens is 361 g/mol. The second-order valence-electron chi connectivity index (χ2n) is 8.12. The fourth-order valence-electron chi connectivity index (χ4n) is 4.27. The second-order valence-corrected chi connectivity index (χ2v) is 8.12. The predicted molar refractivity (Wildman–Crippen MR) is 117 cm³/mol. The number of hydrogen-bond acceptors (Lipinski definition) is 1. The van der Waals surface area contributed by atoms with Crippen LogP contribution in [0.1, 0.15) is 30.9 Å². The fraction of sp³-hybridized carbons (Fsp3) is 0.192. The molecule has 144 valence electrons. The van der Waals surface area contributed by atoms with Gasteiger partial charge in [-0.2, -0.15) is 0 Å². The first-order valence-corrected chi connectivity index (χ1v) is 9.98. The Labute approximate surface area is 169 Å². The largest absolute Gasteiger partial charge is 0.455 e. The molecule has 0 saturated carbocycles. The molecule has 0 amide bonds. The van der Waals surface area contributed by atoms with Crippen LogP contribution in [0.5, 0.6) is 0 Å². The van der Waals surface area contributed by atoms with E-state index in [-0.39, 0.29) is 5.82 Å². The number of aryl methyl sites for hydroxylation is 2. The quantitative estimate of drug-likeness (QED) is 0.306. The number of nitrogens with zero attached hydrogens (tertiary/aromatic N) is 1. The lowest BCUT2D eigenvalue weighted by Gasteiger charge is -2.09. The Bertz CT molecular complexity index is 1410. The van der Waals surface area contributed by atoms with Crippen LogP contribution in [0.3, 0.4) is 0 Å². The molecule has 29 heavy (non-hydrogen) atoms. The summed E-state index contributed by atoms with van der Waals surface area (Å²) in [6, 6.07) is 17.7. The van der Waals surface area contributed by atoms with Crippen LogP contribution in [0, 0.1) is 12.7 Å². The van der Waals surface area contributed by atoms with Gasteiger partial charge in [0.2, 0.25) is 5.69 Å². The van der Waals surface area contributed by atoms with Gasteiger partial charge in [0.05, 0.1) is 5.56 Å². The van der Waals surface area contributed by atoms with Gasteiger partial charge in [0.25, 0.3) is 0 Å². The number of benzene rings is 3. The van der Waals surface area contributed by atoms with Crippen molar-refractivity contribution in [1.82, 2.24) is 0 Å². The third-order valence-corrected chi connectivity index (χ3v) is 5.90. The number of hydrogen-bond donors (Lipinski definition) is 0. The van der Waals surface area contributed by atoms with Crippen molar-refractivity contribution < 1.29 is 13.4 Å². The molecule has 0 atom stereocenters. The smallest absolute Gasteiger partial charge is 0.216 e. The number of halogens is 1. The van der Waals surface area contributed by atoms with Gasteiger partial charge in [0.1, 0.15) is 24.0 Å². The van der Waals surface area contributed by atoms with Crippen LogP contribution in [-0.4, -0.2) is 0 Å². The van der Waals surface area contributed by atoms with Gasteiger partial charge in [-0.1, -0.05) is 50.2 Å². The van der Waals surface area contributed by atoms with Gasteiger partial charge in [0, 0.05) is 34.4 Å². The van der Waals surface area contributed by atoms with Gasteiger partial charge in [-0.05, 0) is 29.4 Å². The van der Waals surface area contributed by atoms with E-state index in [9.17, 15) is 4.39 Å². The highest BCUT2D eigenvalue weighted by atomic mass is 19.1. The van der Waals surface area contributed by atoms with Gasteiger partial charge in [-0.3, -0.25) is 0 Å². The van der Waals surface area contributed by atoms with Gasteiger partial charge < -0.3 is 4.42 Å². The molecule has 0 unspecified atom stereocenters. The van der Waals surface area contributed by atoms with Crippen molar-refractivity contribution in [2.45, 2.75) is 26.7 Å². The Morgan fingerprint density at radius 3 is 2.45 bits per heavy atom. The molecule has 0 aliphatic heterocycles. The van der Waals surface area contributed by atoms with E-state index >= 15 is 0 Å². The fourth-order valence-corrected chi connectivity index (χ4v) is 4.27. The van der Waals surface area contributed by atoms with Crippen molar-refractivity contribution in [3.8, 4) is 11.3 Å². The molecule has 3 heteroatoms. The molecule has 0 radical (unpaired) electrons. The third kappa shape index (κ3) is 2.65. The van der Waals surface area contributed by atoms with Crippen molar-refractivity contribution in [3.63, 3.8) is 0 Å². The zero-order valence-electron chi connectivity index (χ0n) is 17.1. The Morgan fingerprint density at radius 1 is 0.931 bits per heavy atom. The number of furan rings is 1. The van der Waals surface area contributed by atoms with Gasteiger partial charge in [0.15, 0.2) is 6.20 Å². The summed E-state index contributed by atoms with van der Waals surface area (Å²) in [5, 5.41) is 3.50. The Morgan fingerprint density at radius 2 is 1.69 bits per heavy atom. The van der Waals surface area contributed by atoms with Crippen LogP contribution >= 0.6 is 0 Å². The molecule has 0 spiro atoms. The number of pyridine rings is 1. The second kappa shape index (κ2) is 6.41. The van der Waals surface area contributed by atoms with Crippen LogP contribution in [-0.2, 0) is 7.05 Å². The third-order valence-electron chi connectivity index (χ3n) is 5.90. The minimum atomic E-state index is -0.252. The molecule has 2 aromatic heterocycles. The molecule has 5 aromatic rings. The minimum Gasteiger partial charge on any atom is -0.455 e. The van der Waals surface area contributed by atoms with E-state index in [2.05, 4.69) is 62.8 Å². The Hall–Kier alpha value is -3.20. The lowest BCUT2D eigenvalue weighted by atomic mass is 9.96. The first kappa shape index (κ1) is 17.9. The molecule has 0 aliphatic rings. The summed E-state index contributed by atoms with van der Waals surface area (Å²) >= 11 is 0. The highest BCUT2D eigenvalue weighted by Crippen LogP contribution is 2.40. The van der Waals surface area contributed by atoms with E-state index in [1.54, 1.807) is 0 Å². The summed E-state index contributed by atoms with van der Waals surface area (Å²) in [4.78, 5) is 0. The minimum absolute atomic E-state index is 0.252. The zero-order valence-corrected chi connectivity index (χ0v) is 17.1. The summed E-state index contributed by atoms with van der Waals surface area (Å²) in [7, 11) is 2.05. The van der Waals surface area contributed by atoms with E-state index in [4.69, 9.17) is 4.42 Å². The van der Waals surface area contributed by atoms with Crippen molar-refractivity contribution in [2.24, 2.45) is 7.05 Å². The Kier molecular flexibility index (Phi) is 3.95. The summed E-state index contributed by atoms with van der Waals surface area (Å²) in [6.07, 6.45) is 2.10. The van der Waals surface area contributed by atoms with Crippen molar-refractivity contribution in [3.05, 3.63) is 77.7 Å². The van der Waals surface area contributed by atoms with Crippen LogP contribution in [0.2, 0.25) is 0 Å². The maximum atomic E-state index is 14.7. The molecule has 0 saturated heterocycles. The molecule has 0 aliphatic carbocycles. The SMILES string of the molecule is Cc1ccc2c(oc3cc(F)c4ccccc4c32)c1-c1cc(C(C)C)cc[n+]1C. The predicted octanol–water partition coefficient (Wildman–Crippen LogP) is 6.80. The summed E-state index contributed by atoms with van der Waals surface area (Å²) in [6.45, 7) is 6.49. The first-order valence-electron chi connectivity index (χ1n) is 9.98. The summed E-state index contributed by atoms with van der Waals surface area (Å²) < 4.78 is 23.1. The molecule has 0 fully saturated rings. The average molecular weight is 384 g/mol.